The molecule has 23 heavy (non-hydrogen) atoms. The Morgan fingerprint density at radius 3 is 1.48 bits per heavy atom. The molecule has 0 N–H and O–H groups in total. The minimum absolute atomic E-state index is 0.405. The summed E-state index contributed by atoms with van der Waals surface area (Å²) in [5.41, 5.74) is 5.08. The van der Waals surface area contributed by atoms with E-state index in [1.165, 1.54) is 5.56 Å². The Balaban J connectivity index is 3.43. The monoisotopic (exact) mass is 359 g/mol. The molecule has 0 heterocycles. The van der Waals surface area contributed by atoms with Crippen molar-refractivity contribution in [3.63, 3.8) is 0 Å². The van der Waals surface area contributed by atoms with Gasteiger partial charge in [-0.25, -0.2) is 7.83 Å². The molecule has 0 aliphatic heterocycles. The summed E-state index contributed by atoms with van der Waals surface area (Å²) in [5, 5.41) is 0.810. The lowest BCUT2D eigenvalue weighted by Gasteiger charge is -2.62. The summed E-state index contributed by atoms with van der Waals surface area (Å²) in [5.74, 6) is 3.57. The number of hydrogen-bond acceptors (Lipinski definition) is 0. The van der Waals surface area contributed by atoms with E-state index in [1.54, 1.807) is 0 Å². The van der Waals surface area contributed by atoms with Crippen LogP contribution < -0.4 is 0 Å². The summed E-state index contributed by atoms with van der Waals surface area (Å²) >= 11 is 0. The summed E-state index contributed by atoms with van der Waals surface area (Å²) in [6.45, 7) is 25.1. The van der Waals surface area contributed by atoms with Gasteiger partial charge in [0.2, 0.25) is 0 Å². The minimum Gasteiger partial charge on any atom is -0.297 e. The number of benzene rings is 1. The van der Waals surface area contributed by atoms with Crippen molar-refractivity contribution < 1.29 is 0 Å². The van der Waals surface area contributed by atoms with E-state index in [0.717, 1.165) is 0 Å². The van der Waals surface area contributed by atoms with E-state index in [2.05, 4.69) is 110 Å². The molecule has 128 valence electrons. The molecule has 0 fully saturated rings. The van der Waals surface area contributed by atoms with Crippen molar-refractivity contribution in [3.8, 4) is 11.5 Å². The number of hydrogen-bond donors (Lipinski definition) is 0. The predicted octanol–water partition coefficient (Wildman–Crippen LogP) is 6.25. The zero-order chi connectivity index (χ0) is 18.1. The average Bonchev–Trinajstić information content (AvgIpc) is 2.37. The molecular formula is C20H35Si3-. The first-order chi connectivity index (χ1) is 10.2. The van der Waals surface area contributed by atoms with Crippen LogP contribution in [0.2, 0.25) is 36.3 Å². The Morgan fingerprint density at radius 1 is 0.739 bits per heavy atom. The SMILES string of the molecule is CC(C)(C)[Si](C)(C)[Si-](C#Cc1ccccc1)[Si](C)(C)C(C)(C)C. The summed E-state index contributed by atoms with van der Waals surface area (Å²) < 4.78 is 0. The van der Waals surface area contributed by atoms with Gasteiger partial charge < -0.3 is 0 Å². The van der Waals surface area contributed by atoms with Gasteiger partial charge in [0, 0.05) is 5.56 Å². The molecule has 1 aromatic carbocycles. The topological polar surface area (TPSA) is 0 Å². The highest BCUT2D eigenvalue weighted by Gasteiger charge is 2.42. The lowest BCUT2D eigenvalue weighted by Crippen LogP contribution is -2.67. The second-order valence-electron chi connectivity index (χ2n) is 9.74. The van der Waals surface area contributed by atoms with Gasteiger partial charge in [0.25, 0.3) is 0 Å². The first-order valence-electron chi connectivity index (χ1n) is 8.66. The lowest BCUT2D eigenvalue weighted by molar-refractivity contribution is 0.727. The third-order valence-electron chi connectivity index (χ3n) is 6.11. The molecule has 0 saturated heterocycles. The highest BCUT2D eigenvalue weighted by Crippen LogP contribution is 2.45. The normalized spacial score (nSPS) is 13.3. The van der Waals surface area contributed by atoms with E-state index in [9.17, 15) is 0 Å². The van der Waals surface area contributed by atoms with Gasteiger partial charge in [-0.1, -0.05) is 111 Å². The average molecular weight is 360 g/mol. The molecule has 0 aliphatic rings. The molecule has 0 aromatic heterocycles. The van der Waals surface area contributed by atoms with Gasteiger partial charge in [-0.05, 0) is 12.1 Å². The fourth-order valence-corrected chi connectivity index (χ4v) is 38.7. The Bertz CT molecular complexity index is 549. The molecule has 0 bridgehead atoms. The molecule has 0 aliphatic carbocycles. The van der Waals surface area contributed by atoms with E-state index in [0.29, 0.717) is 10.1 Å². The van der Waals surface area contributed by atoms with Crippen molar-refractivity contribution in [1.82, 2.24) is 0 Å². The van der Waals surface area contributed by atoms with Crippen LogP contribution in [-0.2, 0) is 0 Å². The van der Waals surface area contributed by atoms with Crippen LogP contribution in [0.5, 0.6) is 0 Å². The van der Waals surface area contributed by atoms with Crippen LogP contribution in [0.15, 0.2) is 30.3 Å². The summed E-state index contributed by atoms with van der Waals surface area (Å²) in [4.78, 5) is 0. The molecule has 0 radical (unpaired) electrons. The van der Waals surface area contributed by atoms with Gasteiger partial charge in [0.15, 0.2) is 0 Å². The van der Waals surface area contributed by atoms with Gasteiger partial charge in [-0.15, -0.1) is 5.92 Å². The van der Waals surface area contributed by atoms with Crippen LogP contribution in [0.3, 0.4) is 0 Å². The first kappa shape index (κ1) is 20.5. The molecule has 3 heteroatoms. The molecule has 0 amide bonds. The molecule has 1 rings (SSSR count). The Labute approximate surface area is 148 Å². The Morgan fingerprint density at radius 2 is 1.13 bits per heavy atom. The van der Waals surface area contributed by atoms with E-state index in [1.807, 2.05) is 0 Å². The van der Waals surface area contributed by atoms with Gasteiger partial charge in [-0.3, -0.25) is 5.54 Å². The molecule has 0 saturated carbocycles. The van der Waals surface area contributed by atoms with Crippen LogP contribution >= 0.6 is 0 Å². The van der Waals surface area contributed by atoms with Crippen molar-refractivity contribution in [2.75, 3.05) is 0 Å². The number of rotatable bonds is 2. The highest BCUT2D eigenvalue weighted by molar-refractivity contribution is 7.64. The van der Waals surface area contributed by atoms with Crippen molar-refractivity contribution in [2.45, 2.75) is 77.8 Å². The van der Waals surface area contributed by atoms with Crippen molar-refractivity contribution in [3.05, 3.63) is 35.9 Å². The Kier molecular flexibility index (Phi) is 6.00. The van der Waals surface area contributed by atoms with E-state index in [4.69, 9.17) is 0 Å². The van der Waals surface area contributed by atoms with Crippen LogP contribution in [-0.4, -0.2) is 23.0 Å². The standard InChI is InChI=1S/C20H35Si3/c1-19(2,3)22(7,8)21(23(9,10)20(4,5)6)17-16-18-14-12-11-13-15-18/h11-15H,1-10H3/q-1. The zero-order valence-electron chi connectivity index (χ0n) is 16.9. The second-order valence-corrected chi connectivity index (χ2v) is 32.2. The van der Waals surface area contributed by atoms with E-state index in [-0.39, 0.29) is 0 Å². The van der Waals surface area contributed by atoms with Crippen molar-refractivity contribution in [2.24, 2.45) is 0 Å². The van der Waals surface area contributed by atoms with Crippen LogP contribution in [0.1, 0.15) is 47.1 Å². The van der Waals surface area contributed by atoms with Gasteiger partial charge in [-0.2, -0.15) is 0 Å². The third kappa shape index (κ3) is 4.49. The fourth-order valence-electron chi connectivity index (χ4n) is 2.50. The summed E-state index contributed by atoms with van der Waals surface area (Å²) in [6.07, 6.45) is 0. The van der Waals surface area contributed by atoms with Crippen LogP contribution in [0.4, 0.5) is 0 Å². The molecule has 0 spiro atoms. The van der Waals surface area contributed by atoms with Crippen LogP contribution in [0.25, 0.3) is 0 Å². The maximum atomic E-state index is 3.90. The zero-order valence-corrected chi connectivity index (χ0v) is 19.9. The third-order valence-corrected chi connectivity index (χ3v) is 40.5. The lowest BCUT2D eigenvalue weighted by atomic mass is 10.2. The summed E-state index contributed by atoms with van der Waals surface area (Å²) in [7, 11) is -3.58. The first-order valence-corrected chi connectivity index (χ1v) is 18.2. The summed E-state index contributed by atoms with van der Waals surface area (Å²) in [6, 6.07) is 10.5. The maximum Gasteiger partial charge on any atom is 0.0211 e. The van der Waals surface area contributed by atoms with Crippen molar-refractivity contribution >= 4 is 23.0 Å². The van der Waals surface area contributed by atoms with E-state index >= 15 is 0 Å². The molecule has 0 nitrogen and oxygen atoms in total. The minimum atomic E-state index is -1.44. The van der Waals surface area contributed by atoms with Gasteiger partial charge >= 0.3 is 0 Å². The van der Waals surface area contributed by atoms with Crippen molar-refractivity contribution in [1.29, 1.82) is 0 Å². The van der Waals surface area contributed by atoms with E-state index < -0.39 is 23.0 Å². The fraction of sp³-hybridized carbons (Fsp3) is 0.600. The molecule has 0 unspecified atom stereocenters. The molecule has 0 atom stereocenters. The Hall–Kier alpha value is -0.569. The van der Waals surface area contributed by atoms with Gasteiger partial charge in [0.05, 0.1) is 0 Å². The largest absolute Gasteiger partial charge is 0.297 e. The van der Waals surface area contributed by atoms with Crippen LogP contribution in [0, 0.1) is 11.5 Å². The quantitative estimate of drug-likeness (QED) is 0.432. The molecule has 1 aromatic rings. The smallest absolute Gasteiger partial charge is 0.0211 e. The maximum absolute atomic E-state index is 3.90. The predicted molar refractivity (Wildman–Crippen MR) is 113 cm³/mol. The van der Waals surface area contributed by atoms with Gasteiger partial charge in [0.1, 0.15) is 0 Å². The highest BCUT2D eigenvalue weighted by atomic mass is 29.6. The molecular weight excluding hydrogens is 324 g/mol. The second kappa shape index (κ2) is 6.74.